The molecule has 122 valence electrons. The van der Waals surface area contributed by atoms with Gasteiger partial charge >= 0.3 is 5.97 Å². The molecule has 1 unspecified atom stereocenters. The minimum atomic E-state index is -0.778. The summed E-state index contributed by atoms with van der Waals surface area (Å²) in [7, 11) is 0. The molecule has 0 radical (unpaired) electrons. The van der Waals surface area contributed by atoms with Crippen LogP contribution in [0.1, 0.15) is 37.6 Å². The largest absolute Gasteiger partial charge is 0.480 e. The summed E-state index contributed by atoms with van der Waals surface area (Å²) in [6.07, 6.45) is 3.62. The van der Waals surface area contributed by atoms with Gasteiger partial charge in [-0.3, -0.25) is 9.69 Å². The maximum absolute atomic E-state index is 11.3. The molecular weight excluding hydrogens is 294 g/mol. The van der Waals surface area contributed by atoms with Gasteiger partial charge in [-0.1, -0.05) is 42.8 Å². The average Bonchev–Trinajstić information content (AvgIpc) is 3.04. The fourth-order valence-electron chi connectivity index (χ4n) is 2.96. The first kappa shape index (κ1) is 15.7. The van der Waals surface area contributed by atoms with Crippen LogP contribution in [0.2, 0.25) is 0 Å². The number of benzene rings is 1. The second-order valence-electron chi connectivity index (χ2n) is 5.88. The number of carboxylic acids is 1. The third kappa shape index (κ3) is 3.59. The average molecular weight is 315 g/mol. The molecule has 0 spiro atoms. The summed E-state index contributed by atoms with van der Waals surface area (Å²) in [6.45, 7) is 3.25. The van der Waals surface area contributed by atoms with Gasteiger partial charge in [-0.05, 0) is 31.4 Å². The smallest absolute Gasteiger partial charge is 0.320 e. The number of aryl methyl sites for hydroxylation is 1. The van der Waals surface area contributed by atoms with Gasteiger partial charge < -0.3 is 9.63 Å². The van der Waals surface area contributed by atoms with E-state index in [-0.39, 0.29) is 0 Å². The van der Waals surface area contributed by atoms with E-state index in [0.717, 1.165) is 31.4 Å². The Morgan fingerprint density at radius 1 is 1.35 bits per heavy atom. The van der Waals surface area contributed by atoms with E-state index in [2.05, 4.69) is 29.2 Å². The molecule has 2 heterocycles. The lowest BCUT2D eigenvalue weighted by atomic mass is 10.0. The highest BCUT2D eigenvalue weighted by molar-refractivity contribution is 5.73. The Morgan fingerprint density at radius 2 is 2.13 bits per heavy atom. The molecular formula is C17H21N3O3. The van der Waals surface area contributed by atoms with Gasteiger partial charge in [0.1, 0.15) is 6.04 Å². The van der Waals surface area contributed by atoms with Crippen molar-refractivity contribution in [2.24, 2.45) is 0 Å². The molecule has 1 aromatic heterocycles. The number of aliphatic carboxylic acids is 1. The van der Waals surface area contributed by atoms with Crippen molar-refractivity contribution in [2.75, 3.05) is 6.54 Å². The van der Waals surface area contributed by atoms with E-state index in [1.54, 1.807) is 0 Å². The zero-order valence-corrected chi connectivity index (χ0v) is 13.2. The number of nitrogens with zero attached hydrogens (tertiary/aromatic N) is 3. The minimum absolute atomic E-state index is 0.386. The molecule has 0 bridgehead atoms. The van der Waals surface area contributed by atoms with Crippen molar-refractivity contribution in [2.45, 2.75) is 45.2 Å². The van der Waals surface area contributed by atoms with Crippen LogP contribution >= 0.6 is 0 Å². The van der Waals surface area contributed by atoms with E-state index in [1.807, 2.05) is 17.0 Å². The van der Waals surface area contributed by atoms with E-state index in [1.165, 1.54) is 5.56 Å². The molecule has 6 heteroatoms. The van der Waals surface area contributed by atoms with Crippen LogP contribution < -0.4 is 0 Å². The van der Waals surface area contributed by atoms with Crippen molar-refractivity contribution < 1.29 is 14.4 Å². The van der Waals surface area contributed by atoms with Gasteiger partial charge in [-0.2, -0.15) is 4.98 Å². The first-order valence-corrected chi connectivity index (χ1v) is 8.06. The van der Waals surface area contributed by atoms with Crippen molar-refractivity contribution in [3.05, 3.63) is 35.7 Å². The second kappa shape index (κ2) is 6.91. The molecule has 1 saturated heterocycles. The number of aromatic nitrogens is 2. The zero-order chi connectivity index (χ0) is 16.2. The first-order chi connectivity index (χ1) is 11.2. The molecule has 0 amide bonds. The molecule has 1 N–H and O–H groups in total. The summed E-state index contributed by atoms with van der Waals surface area (Å²) in [5, 5.41) is 13.3. The van der Waals surface area contributed by atoms with Gasteiger partial charge in [0.05, 0.1) is 6.54 Å². The lowest BCUT2D eigenvalue weighted by Gasteiger charge is -2.31. The Morgan fingerprint density at radius 3 is 2.83 bits per heavy atom. The maximum atomic E-state index is 11.3. The molecule has 23 heavy (non-hydrogen) atoms. The SMILES string of the molecule is CCc1ccc(-c2noc(CN3CCCCC3C(=O)O)n2)cc1. The van der Waals surface area contributed by atoms with E-state index < -0.39 is 12.0 Å². The Bertz CT molecular complexity index is 666. The Hall–Kier alpha value is -2.21. The highest BCUT2D eigenvalue weighted by Crippen LogP contribution is 2.21. The van der Waals surface area contributed by atoms with Crippen LogP contribution in [0.25, 0.3) is 11.4 Å². The van der Waals surface area contributed by atoms with E-state index >= 15 is 0 Å². The van der Waals surface area contributed by atoms with Crippen molar-refractivity contribution in [1.82, 2.24) is 15.0 Å². The van der Waals surface area contributed by atoms with Gasteiger partial charge in [-0.15, -0.1) is 0 Å². The number of hydrogen-bond donors (Lipinski definition) is 1. The highest BCUT2D eigenvalue weighted by Gasteiger charge is 2.29. The van der Waals surface area contributed by atoms with Gasteiger partial charge in [-0.25, -0.2) is 0 Å². The van der Waals surface area contributed by atoms with Gasteiger partial charge in [0, 0.05) is 5.56 Å². The van der Waals surface area contributed by atoms with Gasteiger partial charge in [0.15, 0.2) is 0 Å². The highest BCUT2D eigenvalue weighted by atomic mass is 16.5. The third-order valence-corrected chi connectivity index (χ3v) is 4.33. The monoisotopic (exact) mass is 315 g/mol. The Kier molecular flexibility index (Phi) is 4.71. The summed E-state index contributed by atoms with van der Waals surface area (Å²) >= 11 is 0. The standard InChI is InChI=1S/C17H21N3O3/c1-2-12-6-8-13(9-7-12)16-18-15(23-19-16)11-20-10-4-3-5-14(20)17(21)22/h6-9,14H,2-5,10-11H2,1H3,(H,21,22). The van der Waals surface area contributed by atoms with Crippen molar-refractivity contribution in [3.63, 3.8) is 0 Å². The summed E-state index contributed by atoms with van der Waals surface area (Å²) in [5.41, 5.74) is 2.17. The summed E-state index contributed by atoms with van der Waals surface area (Å²) < 4.78 is 5.31. The van der Waals surface area contributed by atoms with Gasteiger partial charge in [0.25, 0.3) is 0 Å². The molecule has 1 aromatic carbocycles. The number of hydrogen-bond acceptors (Lipinski definition) is 5. The lowest BCUT2D eigenvalue weighted by molar-refractivity contribution is -0.145. The van der Waals surface area contributed by atoms with Crippen LogP contribution in [0.4, 0.5) is 0 Å². The van der Waals surface area contributed by atoms with Crippen LogP contribution in [0, 0.1) is 0 Å². The minimum Gasteiger partial charge on any atom is -0.480 e. The van der Waals surface area contributed by atoms with Crippen molar-refractivity contribution in [3.8, 4) is 11.4 Å². The van der Waals surface area contributed by atoms with Crippen LogP contribution in [-0.4, -0.2) is 38.7 Å². The third-order valence-electron chi connectivity index (χ3n) is 4.33. The molecule has 1 aliphatic rings. The Labute approximate surface area is 135 Å². The molecule has 6 nitrogen and oxygen atoms in total. The van der Waals surface area contributed by atoms with Crippen LogP contribution in [0.15, 0.2) is 28.8 Å². The Balaban J connectivity index is 1.72. The lowest BCUT2D eigenvalue weighted by Crippen LogP contribution is -2.44. The van der Waals surface area contributed by atoms with Gasteiger partial charge in [0.2, 0.25) is 11.7 Å². The topological polar surface area (TPSA) is 79.5 Å². The molecule has 1 atom stereocenters. The van der Waals surface area contributed by atoms with Crippen molar-refractivity contribution >= 4 is 5.97 Å². The number of carboxylic acid groups (broad SMARTS) is 1. The molecule has 2 aromatic rings. The normalized spacial score (nSPS) is 18.9. The summed E-state index contributed by atoms with van der Waals surface area (Å²) in [5.74, 6) is 0.235. The predicted molar refractivity (Wildman–Crippen MR) is 84.8 cm³/mol. The molecule has 1 fully saturated rings. The number of rotatable bonds is 5. The number of likely N-dealkylation sites (tertiary alicyclic amines) is 1. The summed E-state index contributed by atoms with van der Waals surface area (Å²) in [4.78, 5) is 17.7. The fraction of sp³-hybridized carbons (Fsp3) is 0.471. The quantitative estimate of drug-likeness (QED) is 0.914. The fourth-order valence-corrected chi connectivity index (χ4v) is 2.96. The summed E-state index contributed by atoms with van der Waals surface area (Å²) in [6, 6.07) is 7.61. The number of carbonyl (C=O) groups is 1. The molecule has 1 aliphatic heterocycles. The van der Waals surface area contributed by atoms with E-state index in [9.17, 15) is 9.90 Å². The zero-order valence-electron chi connectivity index (χ0n) is 13.2. The van der Waals surface area contributed by atoms with Crippen LogP contribution in [0.5, 0.6) is 0 Å². The predicted octanol–water partition coefficient (Wildman–Crippen LogP) is 2.74. The first-order valence-electron chi connectivity index (χ1n) is 8.06. The van der Waals surface area contributed by atoms with E-state index in [4.69, 9.17) is 4.52 Å². The van der Waals surface area contributed by atoms with Crippen LogP contribution in [0.3, 0.4) is 0 Å². The molecule has 0 aliphatic carbocycles. The van der Waals surface area contributed by atoms with Crippen molar-refractivity contribution in [1.29, 1.82) is 0 Å². The molecule has 0 saturated carbocycles. The second-order valence-corrected chi connectivity index (χ2v) is 5.88. The maximum Gasteiger partial charge on any atom is 0.320 e. The van der Waals surface area contributed by atoms with E-state index in [0.29, 0.717) is 24.7 Å². The molecule has 3 rings (SSSR count). The van der Waals surface area contributed by atoms with Crippen LogP contribution in [-0.2, 0) is 17.8 Å². The number of piperidine rings is 1.